The molecule has 0 spiro atoms. The molecular formula is C13H22N2S. The molecule has 0 unspecified atom stereocenters. The van der Waals surface area contributed by atoms with Gasteiger partial charge in [-0.25, -0.2) is 4.98 Å². The minimum atomic E-state index is 0.789. The average molecular weight is 238 g/mol. The largest absolute Gasteiger partial charge is 0.362 e. The zero-order valence-electron chi connectivity index (χ0n) is 10.2. The molecule has 0 atom stereocenters. The number of anilines is 1. The minimum Gasteiger partial charge on any atom is -0.362 e. The lowest BCUT2D eigenvalue weighted by molar-refractivity contribution is 0.601. The van der Waals surface area contributed by atoms with Crippen molar-refractivity contribution in [3.05, 3.63) is 11.1 Å². The smallest absolute Gasteiger partial charge is 0.182 e. The van der Waals surface area contributed by atoms with Gasteiger partial charge in [-0.15, -0.1) is 11.3 Å². The molecule has 2 nitrogen and oxygen atoms in total. The Hall–Kier alpha value is -0.570. The molecule has 1 aromatic heterocycles. The van der Waals surface area contributed by atoms with Gasteiger partial charge < -0.3 is 5.32 Å². The van der Waals surface area contributed by atoms with Crippen molar-refractivity contribution in [3.63, 3.8) is 0 Å². The summed E-state index contributed by atoms with van der Waals surface area (Å²) in [4.78, 5) is 5.97. The fraction of sp³-hybridized carbons (Fsp3) is 0.769. The number of hydrogen-bond donors (Lipinski definition) is 1. The molecule has 0 bridgehead atoms. The van der Waals surface area contributed by atoms with Crippen LogP contribution in [-0.2, 0) is 0 Å². The van der Waals surface area contributed by atoms with Crippen LogP contribution in [0, 0.1) is 0 Å². The molecule has 3 heteroatoms. The van der Waals surface area contributed by atoms with E-state index in [1.54, 1.807) is 0 Å². The lowest BCUT2D eigenvalue weighted by Gasteiger charge is -2.10. The number of nitrogens with one attached hydrogen (secondary N) is 1. The molecular weight excluding hydrogens is 216 g/mol. The van der Waals surface area contributed by atoms with E-state index < -0.39 is 0 Å². The van der Waals surface area contributed by atoms with Gasteiger partial charge in [-0.1, -0.05) is 32.6 Å². The zero-order valence-corrected chi connectivity index (χ0v) is 11.0. The zero-order chi connectivity index (χ0) is 11.2. The van der Waals surface area contributed by atoms with E-state index >= 15 is 0 Å². The van der Waals surface area contributed by atoms with Gasteiger partial charge >= 0.3 is 0 Å². The van der Waals surface area contributed by atoms with Gasteiger partial charge in [0.25, 0.3) is 0 Å². The number of nitrogens with zero attached hydrogens (tertiary/aromatic N) is 1. The lowest BCUT2D eigenvalue weighted by Crippen LogP contribution is -1.98. The van der Waals surface area contributed by atoms with Crippen LogP contribution in [0.1, 0.15) is 62.7 Å². The first-order chi connectivity index (χ1) is 7.90. The molecule has 0 amide bonds. The standard InChI is InChI=1S/C13H22N2S/c1-2-9-14-13-15-10-12(16-13)11-7-5-3-4-6-8-11/h10-11H,2-9H2,1H3,(H,14,15). The highest BCUT2D eigenvalue weighted by Crippen LogP contribution is 2.35. The molecule has 90 valence electrons. The number of thiazole rings is 1. The van der Waals surface area contributed by atoms with Crippen LogP contribution in [0.4, 0.5) is 5.13 Å². The molecule has 2 rings (SSSR count). The van der Waals surface area contributed by atoms with E-state index in [-0.39, 0.29) is 0 Å². The Labute approximate surface area is 102 Å². The average Bonchev–Trinajstić information content (AvgIpc) is 2.60. The summed E-state index contributed by atoms with van der Waals surface area (Å²) in [5, 5.41) is 4.49. The van der Waals surface area contributed by atoms with Gasteiger partial charge in [0.05, 0.1) is 0 Å². The third-order valence-electron chi connectivity index (χ3n) is 3.31. The second-order valence-corrected chi connectivity index (χ2v) is 5.75. The van der Waals surface area contributed by atoms with Gasteiger partial charge in [-0.3, -0.25) is 0 Å². The highest BCUT2D eigenvalue weighted by atomic mass is 32.1. The van der Waals surface area contributed by atoms with E-state index in [1.165, 1.54) is 49.8 Å². The summed E-state index contributed by atoms with van der Waals surface area (Å²) in [5.74, 6) is 0.789. The Kier molecular flexibility index (Phi) is 4.64. The summed E-state index contributed by atoms with van der Waals surface area (Å²) in [6.45, 7) is 3.23. The molecule has 0 saturated heterocycles. The Morgan fingerprint density at radius 1 is 1.31 bits per heavy atom. The van der Waals surface area contributed by atoms with Crippen molar-refractivity contribution in [2.24, 2.45) is 0 Å². The van der Waals surface area contributed by atoms with E-state index in [1.807, 2.05) is 11.3 Å². The van der Waals surface area contributed by atoms with Gasteiger partial charge in [0.2, 0.25) is 0 Å². The van der Waals surface area contributed by atoms with Crippen LogP contribution in [0.25, 0.3) is 0 Å². The molecule has 1 N–H and O–H groups in total. The molecule has 1 aliphatic rings. The predicted molar refractivity (Wildman–Crippen MR) is 71.3 cm³/mol. The first kappa shape index (κ1) is 11.9. The van der Waals surface area contributed by atoms with E-state index in [2.05, 4.69) is 23.4 Å². The normalized spacial score (nSPS) is 18.3. The molecule has 0 aliphatic heterocycles. The monoisotopic (exact) mass is 238 g/mol. The molecule has 1 aromatic rings. The summed E-state index contributed by atoms with van der Waals surface area (Å²) in [7, 11) is 0. The number of hydrogen-bond acceptors (Lipinski definition) is 3. The summed E-state index contributed by atoms with van der Waals surface area (Å²) in [6, 6.07) is 0. The fourth-order valence-electron chi connectivity index (χ4n) is 2.35. The summed E-state index contributed by atoms with van der Waals surface area (Å²) in [5.41, 5.74) is 0. The molecule has 0 radical (unpaired) electrons. The quantitative estimate of drug-likeness (QED) is 0.786. The summed E-state index contributed by atoms with van der Waals surface area (Å²) >= 11 is 1.87. The van der Waals surface area contributed by atoms with Crippen LogP contribution < -0.4 is 5.32 Å². The van der Waals surface area contributed by atoms with Crippen molar-refractivity contribution in [1.82, 2.24) is 4.98 Å². The Morgan fingerprint density at radius 3 is 2.75 bits per heavy atom. The van der Waals surface area contributed by atoms with Crippen molar-refractivity contribution in [2.45, 2.75) is 57.8 Å². The van der Waals surface area contributed by atoms with E-state index in [0.717, 1.165) is 17.6 Å². The number of rotatable bonds is 4. The fourth-order valence-corrected chi connectivity index (χ4v) is 3.36. The van der Waals surface area contributed by atoms with Crippen LogP contribution in [-0.4, -0.2) is 11.5 Å². The molecule has 0 aromatic carbocycles. The third-order valence-corrected chi connectivity index (χ3v) is 4.42. The Balaban J connectivity index is 1.94. The van der Waals surface area contributed by atoms with Gasteiger partial charge in [-0.2, -0.15) is 0 Å². The van der Waals surface area contributed by atoms with Crippen molar-refractivity contribution < 1.29 is 0 Å². The SMILES string of the molecule is CCCNc1ncc(C2CCCCCC2)s1. The maximum atomic E-state index is 4.47. The number of aromatic nitrogens is 1. The molecule has 1 saturated carbocycles. The molecule has 1 aliphatic carbocycles. The second-order valence-electron chi connectivity index (χ2n) is 4.68. The van der Waals surface area contributed by atoms with Crippen molar-refractivity contribution in [3.8, 4) is 0 Å². The Bertz CT molecular complexity index is 301. The van der Waals surface area contributed by atoms with E-state index in [4.69, 9.17) is 0 Å². The van der Waals surface area contributed by atoms with E-state index in [0.29, 0.717) is 0 Å². The van der Waals surface area contributed by atoms with Crippen LogP contribution in [0.15, 0.2) is 6.20 Å². The molecule has 16 heavy (non-hydrogen) atoms. The van der Waals surface area contributed by atoms with Crippen LogP contribution >= 0.6 is 11.3 Å². The van der Waals surface area contributed by atoms with Crippen LogP contribution in [0.5, 0.6) is 0 Å². The highest BCUT2D eigenvalue weighted by Gasteiger charge is 2.16. The van der Waals surface area contributed by atoms with Crippen molar-refractivity contribution >= 4 is 16.5 Å². The van der Waals surface area contributed by atoms with Gasteiger partial charge in [0.15, 0.2) is 5.13 Å². The first-order valence-electron chi connectivity index (χ1n) is 6.59. The second kappa shape index (κ2) is 6.24. The van der Waals surface area contributed by atoms with Gasteiger partial charge in [0, 0.05) is 17.6 Å². The highest BCUT2D eigenvalue weighted by molar-refractivity contribution is 7.15. The van der Waals surface area contributed by atoms with Gasteiger partial charge in [0.1, 0.15) is 0 Å². The maximum absolute atomic E-state index is 4.47. The van der Waals surface area contributed by atoms with E-state index in [9.17, 15) is 0 Å². The van der Waals surface area contributed by atoms with Gasteiger partial charge in [-0.05, 0) is 25.2 Å². The lowest BCUT2D eigenvalue weighted by atomic mass is 9.99. The molecule has 1 fully saturated rings. The van der Waals surface area contributed by atoms with Crippen LogP contribution in [0.3, 0.4) is 0 Å². The Morgan fingerprint density at radius 2 is 2.06 bits per heavy atom. The maximum Gasteiger partial charge on any atom is 0.182 e. The third kappa shape index (κ3) is 3.21. The summed E-state index contributed by atoms with van der Waals surface area (Å²) in [6.07, 6.45) is 11.7. The first-order valence-corrected chi connectivity index (χ1v) is 7.41. The van der Waals surface area contributed by atoms with Crippen LogP contribution in [0.2, 0.25) is 0 Å². The topological polar surface area (TPSA) is 24.9 Å². The van der Waals surface area contributed by atoms with Crippen molar-refractivity contribution in [1.29, 1.82) is 0 Å². The predicted octanol–water partition coefficient (Wildman–Crippen LogP) is 4.40. The summed E-state index contributed by atoms with van der Waals surface area (Å²) < 4.78 is 0. The van der Waals surface area contributed by atoms with Crippen molar-refractivity contribution in [2.75, 3.05) is 11.9 Å². The molecule has 1 heterocycles. The minimum absolute atomic E-state index is 0.789.